The van der Waals surface area contributed by atoms with Gasteiger partial charge in [-0.3, -0.25) is 0 Å². The van der Waals surface area contributed by atoms with Crippen LogP contribution in [0.15, 0.2) is 12.1 Å². The molecule has 2 nitrogen and oxygen atoms in total. The lowest BCUT2D eigenvalue weighted by Crippen LogP contribution is -1.99. The molecular formula is C9H10ClFO2. The van der Waals surface area contributed by atoms with Crippen molar-refractivity contribution in [2.75, 3.05) is 6.61 Å². The van der Waals surface area contributed by atoms with Gasteiger partial charge in [0.05, 0.1) is 5.02 Å². The molecule has 0 radical (unpaired) electrons. The zero-order valence-electron chi connectivity index (χ0n) is 7.09. The van der Waals surface area contributed by atoms with Gasteiger partial charge in [0.15, 0.2) is 11.6 Å². The van der Waals surface area contributed by atoms with E-state index < -0.39 is 11.6 Å². The third kappa shape index (κ3) is 2.11. The van der Waals surface area contributed by atoms with Crippen LogP contribution in [0.4, 0.5) is 4.39 Å². The molecule has 0 bridgehead atoms. The van der Waals surface area contributed by atoms with Gasteiger partial charge in [-0.15, -0.1) is 0 Å². The number of aliphatic hydroxyl groups is 1. The Bertz CT molecular complexity index is 291. The summed E-state index contributed by atoms with van der Waals surface area (Å²) in [5, 5.41) is 17.8. The van der Waals surface area contributed by atoms with E-state index in [4.69, 9.17) is 21.8 Å². The fourth-order valence-corrected chi connectivity index (χ4v) is 1.19. The average Bonchev–Trinajstić information content (AvgIpc) is 2.12. The Kier molecular flexibility index (Phi) is 3.12. The summed E-state index contributed by atoms with van der Waals surface area (Å²) in [7, 11) is 0. The van der Waals surface area contributed by atoms with E-state index in [1.54, 1.807) is 6.92 Å². The largest absolute Gasteiger partial charge is 0.504 e. The molecule has 1 rings (SSSR count). The molecule has 1 aromatic carbocycles. The van der Waals surface area contributed by atoms with Crippen molar-refractivity contribution in [1.82, 2.24) is 0 Å². The Morgan fingerprint density at radius 3 is 2.62 bits per heavy atom. The lowest BCUT2D eigenvalue weighted by Gasteiger charge is -2.09. The first-order chi connectivity index (χ1) is 6.06. The van der Waals surface area contributed by atoms with Crippen LogP contribution in [-0.4, -0.2) is 16.8 Å². The second-order valence-corrected chi connectivity index (χ2v) is 3.32. The SMILES string of the molecule is CC(CO)c1cc(F)c(O)c(Cl)c1. The lowest BCUT2D eigenvalue weighted by molar-refractivity contribution is 0.272. The maximum absolute atomic E-state index is 12.9. The lowest BCUT2D eigenvalue weighted by atomic mass is 10.0. The van der Waals surface area contributed by atoms with Gasteiger partial charge in [0, 0.05) is 12.5 Å². The number of rotatable bonds is 2. The number of aromatic hydroxyl groups is 1. The van der Waals surface area contributed by atoms with Crippen LogP contribution in [0, 0.1) is 5.82 Å². The highest BCUT2D eigenvalue weighted by Gasteiger charge is 2.11. The Balaban J connectivity index is 3.13. The van der Waals surface area contributed by atoms with Crippen LogP contribution in [0.1, 0.15) is 18.4 Å². The number of hydrogen-bond donors (Lipinski definition) is 2. The van der Waals surface area contributed by atoms with E-state index >= 15 is 0 Å². The molecule has 0 spiro atoms. The molecule has 0 aliphatic heterocycles. The molecule has 1 atom stereocenters. The molecule has 72 valence electrons. The second kappa shape index (κ2) is 3.94. The van der Waals surface area contributed by atoms with Gasteiger partial charge in [-0.25, -0.2) is 4.39 Å². The molecule has 1 unspecified atom stereocenters. The standard InChI is InChI=1S/C9H10ClFO2/c1-5(4-12)6-2-7(10)9(13)8(11)3-6/h2-3,5,12-13H,4H2,1H3. The fourth-order valence-electron chi connectivity index (χ4n) is 0.975. The van der Waals surface area contributed by atoms with E-state index in [0.29, 0.717) is 5.56 Å². The summed E-state index contributed by atoms with van der Waals surface area (Å²) >= 11 is 5.55. The van der Waals surface area contributed by atoms with Crippen molar-refractivity contribution >= 4 is 11.6 Å². The number of benzene rings is 1. The van der Waals surface area contributed by atoms with Gasteiger partial charge < -0.3 is 10.2 Å². The van der Waals surface area contributed by atoms with Gasteiger partial charge in [-0.1, -0.05) is 18.5 Å². The molecule has 0 heterocycles. The van der Waals surface area contributed by atoms with Crippen LogP contribution < -0.4 is 0 Å². The van der Waals surface area contributed by atoms with Gasteiger partial charge in [0.2, 0.25) is 0 Å². The van der Waals surface area contributed by atoms with Gasteiger partial charge in [0.1, 0.15) is 0 Å². The zero-order valence-corrected chi connectivity index (χ0v) is 7.85. The van der Waals surface area contributed by atoms with Crippen LogP contribution in [0.2, 0.25) is 5.02 Å². The van der Waals surface area contributed by atoms with Crippen molar-refractivity contribution in [3.8, 4) is 5.75 Å². The molecule has 0 aliphatic carbocycles. The van der Waals surface area contributed by atoms with Crippen LogP contribution in [0.3, 0.4) is 0 Å². The summed E-state index contributed by atoms with van der Waals surface area (Å²) < 4.78 is 12.9. The molecule has 4 heteroatoms. The molecule has 0 aliphatic rings. The Morgan fingerprint density at radius 1 is 1.54 bits per heavy atom. The smallest absolute Gasteiger partial charge is 0.170 e. The summed E-state index contributed by atoms with van der Waals surface area (Å²) in [5.41, 5.74) is 0.572. The van der Waals surface area contributed by atoms with Crippen LogP contribution in [-0.2, 0) is 0 Å². The van der Waals surface area contributed by atoms with E-state index in [-0.39, 0.29) is 17.5 Å². The summed E-state index contributed by atoms with van der Waals surface area (Å²) in [6, 6.07) is 2.61. The van der Waals surface area contributed by atoms with Crippen LogP contribution >= 0.6 is 11.6 Å². The third-order valence-electron chi connectivity index (χ3n) is 1.88. The molecule has 0 aromatic heterocycles. The molecule has 0 fully saturated rings. The minimum atomic E-state index is -0.761. The minimum absolute atomic E-state index is 0.0321. The number of halogens is 2. The van der Waals surface area contributed by atoms with Gasteiger partial charge >= 0.3 is 0 Å². The average molecular weight is 205 g/mol. The van der Waals surface area contributed by atoms with E-state index in [9.17, 15) is 4.39 Å². The second-order valence-electron chi connectivity index (χ2n) is 2.92. The first-order valence-corrected chi connectivity index (χ1v) is 4.22. The van der Waals surface area contributed by atoms with Crippen molar-refractivity contribution in [2.45, 2.75) is 12.8 Å². The van der Waals surface area contributed by atoms with E-state index in [0.717, 1.165) is 0 Å². The number of aliphatic hydroxyl groups excluding tert-OH is 1. The molecular weight excluding hydrogens is 195 g/mol. The molecule has 0 amide bonds. The van der Waals surface area contributed by atoms with E-state index in [2.05, 4.69) is 0 Å². The van der Waals surface area contributed by atoms with Crippen molar-refractivity contribution in [3.05, 3.63) is 28.5 Å². The van der Waals surface area contributed by atoms with Crippen LogP contribution in [0.5, 0.6) is 5.75 Å². The summed E-state index contributed by atoms with van der Waals surface area (Å²) in [4.78, 5) is 0. The van der Waals surface area contributed by atoms with Crippen molar-refractivity contribution < 1.29 is 14.6 Å². The Labute approximate surface area is 80.6 Å². The quantitative estimate of drug-likeness (QED) is 0.776. The van der Waals surface area contributed by atoms with Crippen molar-refractivity contribution in [1.29, 1.82) is 0 Å². The maximum atomic E-state index is 12.9. The summed E-state index contributed by atoms with van der Waals surface area (Å²) in [6.45, 7) is 1.66. The van der Waals surface area contributed by atoms with Crippen molar-refractivity contribution in [2.24, 2.45) is 0 Å². The van der Waals surface area contributed by atoms with Crippen molar-refractivity contribution in [3.63, 3.8) is 0 Å². The van der Waals surface area contributed by atoms with E-state index in [1.807, 2.05) is 0 Å². The highest BCUT2D eigenvalue weighted by molar-refractivity contribution is 6.32. The van der Waals surface area contributed by atoms with Gasteiger partial charge in [-0.05, 0) is 17.7 Å². The number of phenolic OH excluding ortho intramolecular Hbond substituents is 1. The predicted octanol–water partition coefficient (Wildman–Crippen LogP) is 2.28. The Morgan fingerprint density at radius 2 is 2.15 bits per heavy atom. The van der Waals surface area contributed by atoms with Gasteiger partial charge in [-0.2, -0.15) is 0 Å². The number of phenols is 1. The zero-order chi connectivity index (χ0) is 10.0. The maximum Gasteiger partial charge on any atom is 0.170 e. The third-order valence-corrected chi connectivity index (χ3v) is 2.17. The van der Waals surface area contributed by atoms with E-state index in [1.165, 1.54) is 12.1 Å². The first-order valence-electron chi connectivity index (χ1n) is 3.85. The molecule has 2 N–H and O–H groups in total. The molecule has 1 aromatic rings. The topological polar surface area (TPSA) is 40.5 Å². The Hall–Kier alpha value is -0.800. The molecule has 0 saturated carbocycles. The molecule has 0 saturated heterocycles. The minimum Gasteiger partial charge on any atom is -0.504 e. The summed E-state index contributed by atoms with van der Waals surface area (Å²) in [6.07, 6.45) is 0. The predicted molar refractivity (Wildman–Crippen MR) is 48.6 cm³/mol. The van der Waals surface area contributed by atoms with Crippen LogP contribution in [0.25, 0.3) is 0 Å². The first kappa shape index (κ1) is 10.3. The normalized spacial score (nSPS) is 12.9. The van der Waals surface area contributed by atoms with Gasteiger partial charge in [0.25, 0.3) is 0 Å². The fraction of sp³-hybridized carbons (Fsp3) is 0.333. The molecule has 13 heavy (non-hydrogen) atoms. The monoisotopic (exact) mass is 204 g/mol. The summed E-state index contributed by atoms with van der Waals surface area (Å²) in [5.74, 6) is -1.49. The highest BCUT2D eigenvalue weighted by atomic mass is 35.5. The number of hydrogen-bond acceptors (Lipinski definition) is 2. The highest BCUT2D eigenvalue weighted by Crippen LogP contribution is 2.30.